The van der Waals surface area contributed by atoms with E-state index in [0.717, 1.165) is 0 Å². The summed E-state index contributed by atoms with van der Waals surface area (Å²) in [6.45, 7) is -2.09. The van der Waals surface area contributed by atoms with E-state index in [-0.39, 0.29) is 57.6 Å². The van der Waals surface area contributed by atoms with Gasteiger partial charge in [-0.3, -0.25) is 4.99 Å². The van der Waals surface area contributed by atoms with Crippen molar-refractivity contribution in [2.24, 2.45) is 16.5 Å². The van der Waals surface area contributed by atoms with Crippen LogP contribution in [0.4, 0.5) is 4.79 Å². The number of rotatable bonds is 24. The van der Waals surface area contributed by atoms with Crippen LogP contribution in [0.25, 0.3) is 0 Å². The summed E-state index contributed by atoms with van der Waals surface area (Å²) in [7, 11) is 0. The number of ether oxygens (including phenoxy) is 2. The minimum atomic E-state index is -1.43. The van der Waals surface area contributed by atoms with Crippen LogP contribution in [-0.2, 0) is 33.6 Å². The highest BCUT2D eigenvalue weighted by Gasteiger charge is 2.24. The van der Waals surface area contributed by atoms with Gasteiger partial charge in [0, 0.05) is 13.0 Å². The van der Waals surface area contributed by atoms with Crippen molar-refractivity contribution < 1.29 is 58.8 Å². The first-order valence-corrected chi connectivity index (χ1v) is 11.6. The highest BCUT2D eigenvalue weighted by Crippen LogP contribution is 2.09. The largest absolute Gasteiger partial charge is 0.464 e. The van der Waals surface area contributed by atoms with E-state index in [0.29, 0.717) is 0 Å². The number of alkyl carbamates (subject to hydrolysis) is 1. The van der Waals surface area contributed by atoms with Crippen LogP contribution in [0.3, 0.4) is 0 Å². The van der Waals surface area contributed by atoms with Crippen LogP contribution in [0.15, 0.2) is 4.99 Å². The van der Waals surface area contributed by atoms with Gasteiger partial charge in [-0.2, -0.15) is 0 Å². The molecule has 0 saturated heterocycles. The predicted octanol–water partition coefficient (Wildman–Crippen LogP) is -1.19. The number of nitrogens with zero attached hydrogens (tertiary/aromatic N) is 5. The van der Waals surface area contributed by atoms with Crippen molar-refractivity contribution in [2.75, 3.05) is 33.0 Å². The minimum Gasteiger partial charge on any atom is -0.464 e. The van der Waals surface area contributed by atoms with Crippen molar-refractivity contribution in [3.05, 3.63) is 40.5 Å². The van der Waals surface area contributed by atoms with Crippen molar-refractivity contribution >= 4 is 18.0 Å². The third kappa shape index (κ3) is 21.4. The second-order valence-corrected chi connectivity index (χ2v) is 7.67. The van der Waals surface area contributed by atoms with Gasteiger partial charge in [0.25, 0.3) is 20.3 Å². The molecule has 0 radical (unpaired) electrons. The van der Waals surface area contributed by atoms with Gasteiger partial charge in [-0.15, -0.1) is 40.5 Å². The zero-order chi connectivity index (χ0) is 31.2. The van der Waals surface area contributed by atoms with E-state index in [4.69, 9.17) is 20.9 Å². The Morgan fingerprint density at radius 3 is 1.80 bits per heavy atom. The van der Waals surface area contributed by atoms with Crippen molar-refractivity contribution in [2.45, 2.75) is 56.8 Å². The van der Waals surface area contributed by atoms with E-state index in [9.17, 15) is 50.0 Å². The van der Waals surface area contributed by atoms with Crippen LogP contribution >= 0.6 is 0 Å². The lowest BCUT2D eigenvalue weighted by Crippen LogP contribution is -2.42. The Hall–Kier alpha value is -5.19. The van der Waals surface area contributed by atoms with Gasteiger partial charge in [0.1, 0.15) is 31.5 Å². The number of esters is 1. The summed E-state index contributed by atoms with van der Waals surface area (Å²) in [5, 5.41) is 39.1. The van der Waals surface area contributed by atoms with Crippen molar-refractivity contribution in [3.63, 3.8) is 0 Å². The van der Waals surface area contributed by atoms with Crippen LogP contribution in [0, 0.1) is 40.5 Å². The topological polar surface area (TPSA) is 339 Å². The van der Waals surface area contributed by atoms with Crippen LogP contribution in [-0.4, -0.2) is 89.6 Å². The summed E-state index contributed by atoms with van der Waals surface area (Å²) in [6, 6.07) is -1.25. The fourth-order valence-corrected chi connectivity index (χ4v) is 2.83. The molecule has 24 heteroatoms. The van der Waals surface area contributed by atoms with Crippen LogP contribution < -0.4 is 16.8 Å². The molecule has 0 heterocycles. The predicted molar refractivity (Wildman–Crippen MR) is 127 cm³/mol. The van der Waals surface area contributed by atoms with Gasteiger partial charge in [-0.1, -0.05) is 0 Å². The maximum absolute atomic E-state index is 12.5. The van der Waals surface area contributed by atoms with Gasteiger partial charge in [-0.25, -0.2) is 9.59 Å². The number of carbonyl (C=O) groups is 2. The van der Waals surface area contributed by atoms with Gasteiger partial charge in [0.2, 0.25) is 0 Å². The number of unbranched alkanes of at least 4 members (excludes halogenated alkanes) is 1. The fraction of sp³-hybridized carbons (Fsp3) is 0.824. The molecule has 0 aromatic rings. The summed E-state index contributed by atoms with van der Waals surface area (Å²) in [5.41, 5.74) is 10.5. The highest BCUT2D eigenvalue weighted by atomic mass is 17.0. The molecular formula is C17H30N8O16. The second-order valence-electron chi connectivity index (χ2n) is 7.67. The number of aliphatic imine (C=N–C) groups is 1. The molecule has 0 fully saturated rings. The quantitative estimate of drug-likeness (QED) is 0.0292. The van der Waals surface area contributed by atoms with Crippen molar-refractivity contribution in [3.8, 4) is 0 Å². The summed E-state index contributed by atoms with van der Waals surface area (Å²) >= 11 is 0. The molecule has 0 aromatic heterocycles. The lowest BCUT2D eigenvalue weighted by atomic mass is 10.1. The molecule has 0 aliphatic rings. The average Bonchev–Trinajstić information content (AvgIpc) is 2.86. The maximum Gasteiger partial charge on any atom is 0.407 e. The Labute approximate surface area is 229 Å². The van der Waals surface area contributed by atoms with Gasteiger partial charge in [0.05, 0.1) is 13.2 Å². The SMILES string of the molecule is NC(N)=NCCCC(NC(=O)OCCC(CO[N+](=O)[O-])O[N+](=O)[O-])C(=O)OCCCCC(CO[N+](=O)[O-])O[N+](=O)[O-]. The number of nitrogens with two attached hydrogens (primary N) is 2. The van der Waals surface area contributed by atoms with Crippen LogP contribution in [0.1, 0.15) is 38.5 Å². The molecule has 3 atom stereocenters. The smallest absolute Gasteiger partial charge is 0.407 e. The molecule has 1 amide bonds. The summed E-state index contributed by atoms with van der Waals surface area (Å²) in [5.74, 6) is -1.10. The van der Waals surface area contributed by atoms with E-state index < -0.39 is 70.5 Å². The first-order chi connectivity index (χ1) is 19.3. The molecule has 0 aromatic carbocycles. The zero-order valence-corrected chi connectivity index (χ0v) is 21.4. The number of amides is 1. The van der Waals surface area contributed by atoms with Crippen LogP contribution in [0.2, 0.25) is 0 Å². The monoisotopic (exact) mass is 602 g/mol. The third-order valence-corrected chi connectivity index (χ3v) is 4.56. The summed E-state index contributed by atoms with van der Waals surface area (Å²) in [6.07, 6.45) is -3.63. The summed E-state index contributed by atoms with van der Waals surface area (Å²) < 4.78 is 9.95. The Morgan fingerprint density at radius 1 is 0.732 bits per heavy atom. The minimum absolute atomic E-state index is 0.00851. The second kappa shape index (κ2) is 20.7. The van der Waals surface area contributed by atoms with Crippen LogP contribution in [0.5, 0.6) is 0 Å². The molecule has 41 heavy (non-hydrogen) atoms. The van der Waals surface area contributed by atoms with Gasteiger partial charge in [-0.05, 0) is 32.1 Å². The molecule has 0 bridgehead atoms. The number of guanidine groups is 1. The van der Waals surface area contributed by atoms with Crippen molar-refractivity contribution in [1.82, 2.24) is 5.32 Å². The Balaban J connectivity index is 4.83. The van der Waals surface area contributed by atoms with Gasteiger partial charge >= 0.3 is 12.1 Å². The van der Waals surface area contributed by atoms with E-state index in [1.54, 1.807) is 0 Å². The fourth-order valence-electron chi connectivity index (χ4n) is 2.83. The van der Waals surface area contributed by atoms with Gasteiger partial charge < -0.3 is 45.6 Å². The molecular weight excluding hydrogens is 572 g/mol. The number of nitrogens with one attached hydrogen (secondary N) is 1. The van der Waals surface area contributed by atoms with E-state index in [1.807, 2.05) is 0 Å². The Kier molecular flexibility index (Phi) is 18.1. The van der Waals surface area contributed by atoms with Gasteiger partial charge in [0.15, 0.2) is 5.96 Å². The number of hydrogen-bond donors (Lipinski definition) is 3. The first kappa shape index (κ1) is 35.8. The third-order valence-electron chi connectivity index (χ3n) is 4.56. The average molecular weight is 602 g/mol. The molecule has 0 saturated carbocycles. The van der Waals surface area contributed by atoms with Crippen molar-refractivity contribution in [1.29, 1.82) is 0 Å². The number of hydrogen-bond acceptors (Lipinski definition) is 17. The molecule has 0 aliphatic heterocycles. The maximum atomic E-state index is 12.5. The highest BCUT2D eigenvalue weighted by molar-refractivity contribution is 5.81. The molecule has 0 spiro atoms. The molecule has 3 unspecified atom stereocenters. The molecule has 0 aliphatic carbocycles. The Morgan fingerprint density at radius 2 is 1.29 bits per heavy atom. The summed E-state index contributed by atoms with van der Waals surface area (Å²) in [4.78, 5) is 86.5. The molecule has 24 nitrogen and oxygen atoms in total. The molecule has 5 N–H and O–H groups in total. The molecule has 0 rings (SSSR count). The molecule has 234 valence electrons. The first-order valence-electron chi connectivity index (χ1n) is 11.6. The van der Waals surface area contributed by atoms with E-state index >= 15 is 0 Å². The van der Waals surface area contributed by atoms with E-state index in [1.165, 1.54) is 0 Å². The zero-order valence-electron chi connectivity index (χ0n) is 21.4. The lowest BCUT2D eigenvalue weighted by Gasteiger charge is -2.18. The lowest BCUT2D eigenvalue weighted by molar-refractivity contribution is -0.790. The Bertz CT molecular complexity index is 901. The number of carbonyl (C=O) groups excluding carboxylic acids is 2. The standard InChI is InChI=1S/C17H30N8O16/c18-16(19)20-7-3-5-14(21-17(27)37-9-6-13(41-25(34)35)11-39-23(30)31)15(26)36-8-2-1-4-12(40-24(32)33)10-38-22(28)29/h12-14H,1-11H2,(H,21,27)(H4,18,19,20). The van der Waals surface area contributed by atoms with E-state index in [2.05, 4.69) is 29.7 Å². The normalized spacial score (nSPS) is 12.4.